The van der Waals surface area contributed by atoms with Gasteiger partial charge in [-0.15, -0.1) is 0 Å². The van der Waals surface area contributed by atoms with E-state index in [-0.39, 0.29) is 17.1 Å². The average Bonchev–Trinajstić information content (AvgIpc) is 2.25. The van der Waals surface area contributed by atoms with Crippen LogP contribution >= 0.6 is 0 Å². The molecule has 0 aliphatic carbocycles. The summed E-state index contributed by atoms with van der Waals surface area (Å²) in [6.45, 7) is 1.08. The van der Waals surface area contributed by atoms with E-state index in [1.807, 2.05) is 0 Å². The zero-order valence-electron chi connectivity index (χ0n) is 10.5. The van der Waals surface area contributed by atoms with Crippen molar-refractivity contribution in [3.63, 3.8) is 0 Å². The van der Waals surface area contributed by atoms with E-state index < -0.39 is 20.9 Å². The van der Waals surface area contributed by atoms with Gasteiger partial charge in [0.25, 0.3) is 0 Å². The Bertz CT molecular complexity index is 625. The fourth-order valence-corrected chi connectivity index (χ4v) is 2.51. The number of sulfonamides is 1. The fraction of sp³-hybridized carbons (Fsp3) is 0.300. The van der Waals surface area contributed by atoms with E-state index in [1.165, 1.54) is 13.2 Å². The number of carbonyl (C=O) groups is 1. The maximum atomic E-state index is 11.5. The molecule has 1 aromatic carbocycles. The molecule has 0 aromatic heterocycles. The lowest BCUT2D eigenvalue weighted by Crippen LogP contribution is -2.34. The molecule has 0 bridgehead atoms. The van der Waals surface area contributed by atoms with Crippen molar-refractivity contribution in [2.24, 2.45) is 0 Å². The smallest absolute Gasteiger partial charge is 0.311 e. The van der Waals surface area contributed by atoms with E-state index in [0.29, 0.717) is 4.31 Å². The molecule has 0 atom stereocenters. The molecule has 1 rings (SSSR count). The Hall–Kier alpha value is -2.16. The Morgan fingerprint density at radius 1 is 1.42 bits per heavy atom. The Morgan fingerprint density at radius 3 is 2.37 bits per heavy atom. The van der Waals surface area contributed by atoms with Gasteiger partial charge in [0.05, 0.1) is 24.0 Å². The van der Waals surface area contributed by atoms with Gasteiger partial charge in [-0.25, -0.2) is 12.7 Å². The first-order chi connectivity index (χ1) is 8.68. The zero-order chi connectivity index (χ0) is 14.8. The van der Waals surface area contributed by atoms with Crippen molar-refractivity contribution in [3.8, 4) is 5.75 Å². The topological polar surface area (TPSA) is 107 Å². The first-order valence-electron chi connectivity index (χ1n) is 5.01. The average molecular weight is 288 g/mol. The third kappa shape index (κ3) is 3.19. The molecule has 9 heteroatoms. The van der Waals surface area contributed by atoms with Crippen molar-refractivity contribution in [1.82, 2.24) is 0 Å². The van der Waals surface area contributed by atoms with Crippen LogP contribution in [0.2, 0.25) is 0 Å². The highest BCUT2D eigenvalue weighted by molar-refractivity contribution is 7.92. The quantitative estimate of drug-likeness (QED) is 0.602. The van der Waals surface area contributed by atoms with Gasteiger partial charge in [0.1, 0.15) is 0 Å². The van der Waals surface area contributed by atoms with Crippen molar-refractivity contribution < 1.29 is 22.9 Å². The minimum atomic E-state index is -3.82. The number of hydrogen-bond acceptors (Lipinski definition) is 6. The molecule has 0 N–H and O–H groups in total. The molecule has 0 aliphatic heterocycles. The summed E-state index contributed by atoms with van der Waals surface area (Å²) in [5.41, 5.74) is -0.333. The number of rotatable bonds is 4. The van der Waals surface area contributed by atoms with Crippen molar-refractivity contribution in [2.75, 3.05) is 17.7 Å². The van der Waals surface area contributed by atoms with Crippen molar-refractivity contribution in [3.05, 3.63) is 28.3 Å². The number of hydrogen-bond donors (Lipinski definition) is 0. The highest BCUT2D eigenvalue weighted by Gasteiger charge is 2.25. The van der Waals surface area contributed by atoms with Crippen molar-refractivity contribution in [2.45, 2.75) is 6.92 Å². The summed E-state index contributed by atoms with van der Waals surface area (Å²) in [6.07, 6.45) is 0.863. The van der Waals surface area contributed by atoms with Gasteiger partial charge in [-0.3, -0.25) is 14.9 Å². The van der Waals surface area contributed by atoms with E-state index in [2.05, 4.69) is 0 Å². The molecular weight excluding hydrogens is 276 g/mol. The molecule has 0 saturated heterocycles. The van der Waals surface area contributed by atoms with E-state index >= 15 is 0 Å². The van der Waals surface area contributed by atoms with Gasteiger partial charge in [0.2, 0.25) is 15.9 Å². The van der Waals surface area contributed by atoms with E-state index in [9.17, 15) is 23.3 Å². The minimum Gasteiger partial charge on any atom is -0.490 e. The molecule has 0 fully saturated rings. The minimum absolute atomic E-state index is 0.0162. The molecule has 0 unspecified atom stereocenters. The summed E-state index contributed by atoms with van der Waals surface area (Å²) < 4.78 is 28.4. The predicted octanol–water partition coefficient (Wildman–Crippen LogP) is 0.916. The highest BCUT2D eigenvalue weighted by Crippen LogP contribution is 2.32. The molecule has 0 radical (unpaired) electrons. The summed E-state index contributed by atoms with van der Waals surface area (Å²) in [6, 6.07) is 3.37. The molecule has 0 saturated carbocycles. The second kappa shape index (κ2) is 5.22. The summed E-state index contributed by atoms with van der Waals surface area (Å²) in [5, 5.41) is 10.7. The van der Waals surface area contributed by atoms with E-state index in [4.69, 9.17) is 4.74 Å². The molecule has 1 amide bonds. The van der Waals surface area contributed by atoms with Crippen LogP contribution in [0.1, 0.15) is 6.92 Å². The number of nitro benzene ring substituents is 1. The van der Waals surface area contributed by atoms with Crippen LogP contribution in [0, 0.1) is 10.1 Å². The van der Waals surface area contributed by atoms with Crippen LogP contribution in [-0.4, -0.2) is 32.6 Å². The van der Waals surface area contributed by atoms with Crippen LogP contribution in [0.5, 0.6) is 5.75 Å². The van der Waals surface area contributed by atoms with Crippen LogP contribution in [0.15, 0.2) is 18.2 Å². The standard InChI is InChI=1S/C10H12N2O6S/c1-7(13)11(19(3,16)17)8-4-5-9(12(14)15)10(6-8)18-2/h4-6H,1-3H3. The van der Waals surface area contributed by atoms with E-state index in [1.54, 1.807) is 0 Å². The largest absolute Gasteiger partial charge is 0.490 e. The second-order valence-corrected chi connectivity index (χ2v) is 5.49. The van der Waals surface area contributed by atoms with Crippen LogP contribution in [0.25, 0.3) is 0 Å². The molecule has 0 aliphatic rings. The van der Waals surface area contributed by atoms with E-state index in [0.717, 1.165) is 25.3 Å². The monoisotopic (exact) mass is 288 g/mol. The lowest BCUT2D eigenvalue weighted by Gasteiger charge is -2.18. The summed E-state index contributed by atoms with van der Waals surface area (Å²) in [7, 11) is -2.60. The number of nitrogens with zero attached hydrogens (tertiary/aromatic N) is 2. The normalized spacial score (nSPS) is 10.9. The Labute approximate surface area is 109 Å². The van der Waals surface area contributed by atoms with Crippen LogP contribution in [-0.2, 0) is 14.8 Å². The summed E-state index contributed by atoms with van der Waals surface area (Å²) in [4.78, 5) is 21.4. The van der Waals surface area contributed by atoms with Gasteiger partial charge in [0.15, 0.2) is 5.75 Å². The predicted molar refractivity (Wildman–Crippen MR) is 67.7 cm³/mol. The Balaban J connectivity index is 3.43. The van der Waals surface area contributed by atoms with Crippen molar-refractivity contribution in [1.29, 1.82) is 0 Å². The number of carbonyl (C=O) groups excluding carboxylic acids is 1. The maximum Gasteiger partial charge on any atom is 0.311 e. The SMILES string of the molecule is COc1cc(N(C(C)=O)S(C)(=O)=O)ccc1[N+](=O)[O-]. The number of nitro groups is 1. The zero-order valence-corrected chi connectivity index (χ0v) is 11.3. The molecular formula is C10H12N2O6S. The molecule has 0 heterocycles. The van der Waals surface area contributed by atoms with Gasteiger partial charge in [-0.1, -0.05) is 0 Å². The number of amides is 1. The third-order valence-electron chi connectivity index (χ3n) is 2.21. The lowest BCUT2D eigenvalue weighted by atomic mass is 10.2. The van der Waals surface area contributed by atoms with Crippen molar-refractivity contribution >= 4 is 27.3 Å². The number of methoxy groups -OCH3 is 1. The van der Waals surface area contributed by atoms with Gasteiger partial charge >= 0.3 is 5.69 Å². The number of ether oxygens (including phenoxy) is 1. The molecule has 104 valence electrons. The molecule has 0 spiro atoms. The van der Waals surface area contributed by atoms with Gasteiger partial charge < -0.3 is 4.74 Å². The second-order valence-electron chi connectivity index (χ2n) is 3.66. The number of benzene rings is 1. The highest BCUT2D eigenvalue weighted by atomic mass is 32.2. The Kier molecular flexibility index (Phi) is 4.10. The van der Waals surface area contributed by atoms with Crippen LogP contribution in [0.3, 0.4) is 0 Å². The van der Waals surface area contributed by atoms with Gasteiger partial charge in [-0.05, 0) is 6.07 Å². The van der Waals surface area contributed by atoms with Crippen LogP contribution < -0.4 is 9.04 Å². The van der Waals surface area contributed by atoms with Gasteiger partial charge in [-0.2, -0.15) is 0 Å². The lowest BCUT2D eigenvalue weighted by molar-refractivity contribution is -0.385. The number of anilines is 1. The molecule has 1 aromatic rings. The van der Waals surface area contributed by atoms with Gasteiger partial charge in [0, 0.05) is 19.1 Å². The Morgan fingerprint density at radius 2 is 2.00 bits per heavy atom. The molecule has 19 heavy (non-hydrogen) atoms. The first-order valence-corrected chi connectivity index (χ1v) is 6.86. The van der Waals surface area contributed by atoms with Crippen LogP contribution in [0.4, 0.5) is 11.4 Å². The fourth-order valence-electron chi connectivity index (χ4n) is 1.55. The maximum absolute atomic E-state index is 11.5. The molecule has 8 nitrogen and oxygen atoms in total. The summed E-state index contributed by atoms with van der Waals surface area (Å²) >= 11 is 0. The summed E-state index contributed by atoms with van der Waals surface area (Å²) in [5.74, 6) is -0.851. The first kappa shape index (κ1) is 14.9. The third-order valence-corrected chi connectivity index (χ3v) is 3.34.